The van der Waals surface area contributed by atoms with Gasteiger partial charge in [0.05, 0.1) is 6.61 Å². The molecule has 0 aliphatic carbocycles. The monoisotopic (exact) mass is 380 g/mol. The fraction of sp³-hybridized carbons (Fsp3) is 0.0833. The molecule has 0 saturated heterocycles. The van der Waals surface area contributed by atoms with E-state index in [9.17, 15) is 13.2 Å². The summed E-state index contributed by atoms with van der Waals surface area (Å²) in [6.07, 6.45) is 4.47. The van der Waals surface area contributed by atoms with Crippen molar-refractivity contribution in [1.29, 1.82) is 0 Å². The maximum absolute atomic E-state index is 14.0. The van der Waals surface area contributed by atoms with Crippen LogP contribution in [0.3, 0.4) is 0 Å². The minimum Gasteiger partial charge on any atom is -0.491 e. The Morgan fingerprint density at radius 2 is 1.46 bits per heavy atom. The first-order chi connectivity index (χ1) is 13.5. The molecule has 0 aliphatic heterocycles. The molecule has 0 aliphatic rings. The number of halogens is 3. The Hall–Kier alpha value is -3.27. The zero-order chi connectivity index (χ0) is 20.1. The summed E-state index contributed by atoms with van der Waals surface area (Å²) in [5.74, 6) is -2.01. The summed E-state index contributed by atoms with van der Waals surface area (Å²) in [6.45, 7) is 5.65. The van der Waals surface area contributed by atoms with Crippen molar-refractivity contribution < 1.29 is 17.9 Å². The Bertz CT molecular complexity index is 1020. The number of rotatable bonds is 6. The second-order valence-electron chi connectivity index (χ2n) is 6.11. The molecule has 142 valence electrons. The predicted molar refractivity (Wildman–Crippen MR) is 108 cm³/mol. The first-order valence-electron chi connectivity index (χ1n) is 8.84. The van der Waals surface area contributed by atoms with Gasteiger partial charge in [-0.05, 0) is 35.7 Å². The summed E-state index contributed by atoms with van der Waals surface area (Å²) in [5.41, 5.74) is 2.65. The van der Waals surface area contributed by atoms with Crippen LogP contribution in [0.5, 0.6) is 5.75 Å². The van der Waals surface area contributed by atoms with Crippen LogP contribution in [0, 0.1) is 17.5 Å². The van der Waals surface area contributed by atoms with E-state index >= 15 is 0 Å². The van der Waals surface area contributed by atoms with E-state index in [1.807, 2.05) is 24.3 Å². The molecule has 0 N–H and O–H groups in total. The Labute approximate surface area is 162 Å². The summed E-state index contributed by atoms with van der Waals surface area (Å²) in [4.78, 5) is 0. The van der Waals surface area contributed by atoms with Gasteiger partial charge < -0.3 is 4.74 Å². The molecule has 0 fully saturated rings. The minimum atomic E-state index is -0.912. The molecule has 0 saturated carbocycles. The highest BCUT2D eigenvalue weighted by Crippen LogP contribution is 2.26. The van der Waals surface area contributed by atoms with E-state index in [4.69, 9.17) is 4.74 Å². The fourth-order valence-electron chi connectivity index (χ4n) is 2.79. The highest BCUT2D eigenvalue weighted by Gasteiger charge is 2.09. The molecule has 0 radical (unpaired) electrons. The second kappa shape index (κ2) is 8.61. The van der Waals surface area contributed by atoms with Crippen LogP contribution in [0.25, 0.3) is 29.4 Å². The van der Waals surface area contributed by atoms with Crippen molar-refractivity contribution in [2.45, 2.75) is 6.92 Å². The van der Waals surface area contributed by atoms with Crippen molar-refractivity contribution in [3.8, 4) is 16.9 Å². The Morgan fingerprint density at radius 3 is 2.11 bits per heavy atom. The fourth-order valence-corrected chi connectivity index (χ4v) is 2.79. The highest BCUT2D eigenvalue weighted by molar-refractivity contribution is 5.73. The smallest absolute Gasteiger partial charge is 0.166 e. The third-order valence-electron chi connectivity index (χ3n) is 4.29. The van der Waals surface area contributed by atoms with E-state index < -0.39 is 17.5 Å². The third-order valence-corrected chi connectivity index (χ3v) is 4.29. The van der Waals surface area contributed by atoms with E-state index in [2.05, 4.69) is 6.58 Å². The first-order valence-corrected chi connectivity index (χ1v) is 8.84. The lowest BCUT2D eigenvalue weighted by atomic mass is 10.0. The molecule has 0 spiro atoms. The maximum Gasteiger partial charge on any atom is 0.166 e. The molecule has 0 heterocycles. The van der Waals surface area contributed by atoms with Crippen LogP contribution in [0.1, 0.15) is 23.6 Å². The SMILES string of the molecule is C=Cc1ccc(/C=C/c2ccc(-c3ccc(OCC)c(F)c3)cc2)c(F)c1F. The van der Waals surface area contributed by atoms with Gasteiger partial charge in [0.15, 0.2) is 23.2 Å². The van der Waals surface area contributed by atoms with Gasteiger partial charge in [0.25, 0.3) is 0 Å². The molecule has 0 aromatic heterocycles. The lowest BCUT2D eigenvalue weighted by Crippen LogP contribution is -1.94. The summed E-state index contributed by atoms with van der Waals surface area (Å²) in [7, 11) is 0. The molecule has 4 heteroatoms. The number of ether oxygens (including phenoxy) is 1. The quantitative estimate of drug-likeness (QED) is 0.419. The van der Waals surface area contributed by atoms with E-state index in [-0.39, 0.29) is 16.9 Å². The van der Waals surface area contributed by atoms with Crippen LogP contribution in [0.4, 0.5) is 13.2 Å². The maximum atomic E-state index is 14.0. The number of hydrogen-bond donors (Lipinski definition) is 0. The summed E-state index contributed by atoms with van der Waals surface area (Å²) >= 11 is 0. The largest absolute Gasteiger partial charge is 0.491 e. The first kappa shape index (κ1) is 19.5. The third kappa shape index (κ3) is 4.17. The van der Waals surface area contributed by atoms with Gasteiger partial charge in [-0.3, -0.25) is 0 Å². The Balaban J connectivity index is 1.80. The summed E-state index contributed by atoms with van der Waals surface area (Å²) in [5, 5.41) is 0. The Kier molecular flexibility index (Phi) is 5.99. The van der Waals surface area contributed by atoms with Crippen molar-refractivity contribution >= 4 is 18.2 Å². The van der Waals surface area contributed by atoms with Gasteiger partial charge >= 0.3 is 0 Å². The van der Waals surface area contributed by atoms with Crippen molar-refractivity contribution in [3.05, 3.63) is 95.3 Å². The van der Waals surface area contributed by atoms with E-state index in [1.165, 1.54) is 30.4 Å². The molecular formula is C24H19F3O. The minimum absolute atomic E-state index is 0.126. The van der Waals surface area contributed by atoms with Gasteiger partial charge in [0.1, 0.15) is 0 Å². The Morgan fingerprint density at radius 1 is 0.821 bits per heavy atom. The molecule has 1 nitrogen and oxygen atoms in total. The van der Waals surface area contributed by atoms with Crippen LogP contribution in [-0.4, -0.2) is 6.61 Å². The summed E-state index contributed by atoms with van der Waals surface area (Å²) in [6, 6.07) is 15.1. The van der Waals surface area contributed by atoms with Crippen molar-refractivity contribution in [3.63, 3.8) is 0 Å². The molecule has 3 aromatic rings. The molecular weight excluding hydrogens is 361 g/mol. The topological polar surface area (TPSA) is 9.23 Å². The summed E-state index contributed by atoms with van der Waals surface area (Å²) < 4.78 is 47.1. The van der Waals surface area contributed by atoms with E-state index in [0.717, 1.165) is 16.7 Å². The lowest BCUT2D eigenvalue weighted by molar-refractivity contribution is 0.321. The van der Waals surface area contributed by atoms with Crippen molar-refractivity contribution in [1.82, 2.24) is 0 Å². The molecule has 28 heavy (non-hydrogen) atoms. The van der Waals surface area contributed by atoms with Crippen LogP contribution >= 0.6 is 0 Å². The van der Waals surface area contributed by atoms with Crippen LogP contribution < -0.4 is 4.74 Å². The van der Waals surface area contributed by atoms with E-state index in [1.54, 1.807) is 25.1 Å². The van der Waals surface area contributed by atoms with Gasteiger partial charge in [-0.1, -0.05) is 67.3 Å². The van der Waals surface area contributed by atoms with Gasteiger partial charge in [-0.25, -0.2) is 13.2 Å². The molecule has 0 unspecified atom stereocenters. The van der Waals surface area contributed by atoms with E-state index in [0.29, 0.717) is 6.61 Å². The number of hydrogen-bond acceptors (Lipinski definition) is 1. The molecule has 3 rings (SSSR count). The van der Waals surface area contributed by atoms with Gasteiger partial charge in [0, 0.05) is 11.1 Å². The number of benzene rings is 3. The normalized spacial score (nSPS) is 11.0. The molecule has 0 bridgehead atoms. The molecule has 0 amide bonds. The van der Waals surface area contributed by atoms with Crippen LogP contribution in [0.2, 0.25) is 0 Å². The van der Waals surface area contributed by atoms with Gasteiger partial charge in [-0.2, -0.15) is 0 Å². The second-order valence-corrected chi connectivity index (χ2v) is 6.11. The average molecular weight is 380 g/mol. The van der Waals surface area contributed by atoms with Gasteiger partial charge in [0.2, 0.25) is 0 Å². The average Bonchev–Trinajstić information content (AvgIpc) is 2.71. The molecule has 0 atom stereocenters. The standard InChI is InChI=1S/C24H19F3O/c1-3-17-11-12-19(24(27)23(17)26)10-7-16-5-8-18(9-6-16)20-13-14-22(28-4-2)21(25)15-20/h3,5-15H,1,4H2,2H3/b10-7+. The van der Waals surface area contributed by atoms with Crippen molar-refractivity contribution in [2.24, 2.45) is 0 Å². The van der Waals surface area contributed by atoms with Gasteiger partial charge in [-0.15, -0.1) is 0 Å². The zero-order valence-corrected chi connectivity index (χ0v) is 15.4. The lowest BCUT2D eigenvalue weighted by Gasteiger charge is -2.07. The van der Waals surface area contributed by atoms with Crippen molar-refractivity contribution in [2.75, 3.05) is 6.61 Å². The zero-order valence-electron chi connectivity index (χ0n) is 15.4. The van der Waals surface area contributed by atoms with Crippen LogP contribution in [-0.2, 0) is 0 Å². The molecule has 3 aromatic carbocycles. The highest BCUT2D eigenvalue weighted by atomic mass is 19.2. The predicted octanol–water partition coefficient (Wildman–Crippen LogP) is 6.98. The van der Waals surface area contributed by atoms with Crippen LogP contribution in [0.15, 0.2) is 61.2 Å².